The molecule has 0 radical (unpaired) electrons. The minimum atomic E-state index is -3.38. The molecule has 58 valence electrons. The normalized spacial score (nSPS) is 13.6. The molecule has 0 saturated carbocycles. The van der Waals surface area contributed by atoms with Crippen LogP contribution in [-0.4, -0.2) is 26.4 Å². The molecule has 7 heteroatoms. The molecule has 2 N–H and O–H groups in total. The zero-order valence-electron chi connectivity index (χ0n) is 6.29. The van der Waals surface area contributed by atoms with Crippen molar-refractivity contribution in [3.63, 3.8) is 0 Å². The van der Waals surface area contributed by atoms with Crippen molar-refractivity contribution < 1.29 is 48.4 Å². The van der Waals surface area contributed by atoms with Crippen LogP contribution in [0, 0.1) is 0 Å². The molecule has 0 aliphatic carbocycles. The zero-order chi connectivity index (χ0) is 7.98. The van der Waals surface area contributed by atoms with Gasteiger partial charge in [-0.25, -0.2) is 0 Å². The fraction of sp³-hybridized carbons (Fsp3) is 0.750. The third-order valence-corrected chi connectivity index (χ3v) is 0.903. The van der Waals surface area contributed by atoms with Gasteiger partial charge in [-0.3, -0.25) is 4.79 Å². The summed E-state index contributed by atoms with van der Waals surface area (Å²) in [5.41, 5.74) is 0. The first-order valence-electron chi connectivity index (χ1n) is 2.79. The molecule has 0 unspecified atom stereocenters. The average Bonchev–Trinajstić information content (AvgIpc) is 2.15. The van der Waals surface area contributed by atoms with Crippen molar-refractivity contribution in [2.75, 3.05) is 6.54 Å². The fourth-order valence-electron chi connectivity index (χ4n) is 0.565. The Balaban J connectivity index is 0. The molecule has 5 nitrogen and oxygen atoms in total. The van der Waals surface area contributed by atoms with E-state index in [2.05, 4.69) is 5.32 Å². The van der Waals surface area contributed by atoms with Crippen LogP contribution in [0.15, 0.2) is 0 Å². The van der Waals surface area contributed by atoms with E-state index in [1.807, 2.05) is 0 Å². The summed E-state index contributed by atoms with van der Waals surface area (Å²) in [6.07, 6.45) is 1.76. The van der Waals surface area contributed by atoms with Crippen molar-refractivity contribution >= 4 is 15.1 Å². The van der Waals surface area contributed by atoms with Crippen LogP contribution in [0.4, 0.5) is 0 Å². The largest absolute Gasteiger partial charge is 1.00 e. The summed E-state index contributed by atoms with van der Waals surface area (Å²) in [6, 6.07) is 0. The minimum Gasteiger partial charge on any atom is -0.604 e. The minimum absolute atomic E-state index is 0. The van der Waals surface area contributed by atoms with Gasteiger partial charge < -0.3 is 19.4 Å². The number of rotatable bonds is 0. The number of amides is 1. The zero-order valence-corrected chi connectivity index (χ0v) is 9.29. The molecule has 1 heterocycles. The van der Waals surface area contributed by atoms with Crippen molar-refractivity contribution in [1.29, 1.82) is 0 Å². The first-order valence-corrected chi connectivity index (χ1v) is 4.06. The van der Waals surface area contributed by atoms with Crippen LogP contribution in [-0.2, 0) is 9.26 Å². The molecule has 0 spiro atoms. The van der Waals surface area contributed by atoms with E-state index in [1.54, 1.807) is 0 Å². The molecule has 1 aliphatic rings. The number of hydrogen-bond acceptors (Lipinski definition) is 3. The fourth-order valence-corrected chi connectivity index (χ4v) is 0.565. The van der Waals surface area contributed by atoms with Gasteiger partial charge in [0.25, 0.3) is 0 Å². The van der Waals surface area contributed by atoms with E-state index in [9.17, 15) is 4.79 Å². The van der Waals surface area contributed by atoms with Gasteiger partial charge in [0.1, 0.15) is 0 Å². The summed E-state index contributed by atoms with van der Waals surface area (Å²) in [5, 5.41) is 2.68. The third kappa shape index (κ3) is 13.1. The van der Waals surface area contributed by atoms with Crippen molar-refractivity contribution in [3.8, 4) is 0 Å². The number of hydrogen-bond donors (Lipinski definition) is 2. The molecule has 1 rings (SSSR count). The molecule has 1 amide bonds. The molecular weight excluding hydrogens is 177 g/mol. The van der Waals surface area contributed by atoms with Gasteiger partial charge in [-0.15, -0.1) is 0 Å². The quantitative estimate of drug-likeness (QED) is 0.369. The maximum Gasteiger partial charge on any atom is 1.00 e. The van der Waals surface area contributed by atoms with Gasteiger partial charge in [0.05, 0.1) is 0 Å². The summed E-state index contributed by atoms with van der Waals surface area (Å²) in [7, 11) is -3.38. The van der Waals surface area contributed by atoms with Gasteiger partial charge in [0, 0.05) is 13.0 Å². The predicted molar refractivity (Wildman–Crippen MR) is 30.9 cm³/mol. The second kappa shape index (κ2) is 8.19. The molecule has 0 aromatic heterocycles. The molecule has 1 fully saturated rings. The van der Waals surface area contributed by atoms with Crippen LogP contribution in [0.25, 0.3) is 0 Å². The van der Waals surface area contributed by atoms with Crippen molar-refractivity contribution in [1.82, 2.24) is 5.32 Å². The second-order valence-electron chi connectivity index (χ2n) is 1.72. The molecule has 1 aliphatic heterocycles. The Hall–Kier alpha value is 0.0869. The van der Waals surface area contributed by atoms with Gasteiger partial charge >= 0.3 is 38.7 Å². The van der Waals surface area contributed by atoms with Crippen LogP contribution in [0.3, 0.4) is 0 Å². The molecular formula is C4H8NNaO4Si. The topological polar surface area (TPSA) is 89.5 Å². The van der Waals surface area contributed by atoms with Crippen LogP contribution < -0.4 is 39.7 Å². The van der Waals surface area contributed by atoms with E-state index in [1.165, 1.54) is 0 Å². The maximum absolute atomic E-state index is 10.1. The number of nitrogens with one attached hydrogen (secondary N) is 1. The monoisotopic (exact) mass is 185 g/mol. The Bertz CT molecular complexity index is 130. The Morgan fingerprint density at radius 3 is 2.18 bits per heavy atom. The van der Waals surface area contributed by atoms with E-state index in [-0.39, 0.29) is 35.5 Å². The van der Waals surface area contributed by atoms with Crippen molar-refractivity contribution in [2.45, 2.75) is 12.8 Å². The van der Waals surface area contributed by atoms with Gasteiger partial charge in [-0.1, -0.05) is 0 Å². The van der Waals surface area contributed by atoms with Gasteiger partial charge in [0.2, 0.25) is 5.91 Å². The smallest absolute Gasteiger partial charge is 0.604 e. The van der Waals surface area contributed by atoms with Crippen LogP contribution in [0.5, 0.6) is 0 Å². The molecule has 11 heavy (non-hydrogen) atoms. The first-order chi connectivity index (χ1) is 4.63. The maximum atomic E-state index is 10.1. The van der Waals surface area contributed by atoms with Gasteiger partial charge in [-0.05, 0) is 6.42 Å². The Morgan fingerprint density at radius 2 is 2.09 bits per heavy atom. The molecule has 0 aromatic rings. The van der Waals surface area contributed by atoms with Crippen molar-refractivity contribution in [3.05, 3.63) is 0 Å². The Morgan fingerprint density at radius 1 is 1.64 bits per heavy atom. The van der Waals surface area contributed by atoms with Crippen LogP contribution >= 0.6 is 0 Å². The van der Waals surface area contributed by atoms with E-state index in [0.717, 1.165) is 19.4 Å². The molecule has 0 atom stereocenters. The Labute approximate surface area is 88.0 Å². The number of carbonyl (C=O) groups excluding carboxylic acids is 1. The molecule has 1 saturated heterocycles. The SMILES string of the molecule is O=C1CCCN1.O=[Si]([O-])O.[Na+]. The summed E-state index contributed by atoms with van der Waals surface area (Å²) in [4.78, 5) is 25.8. The van der Waals surface area contributed by atoms with E-state index < -0.39 is 9.17 Å². The molecule has 0 bridgehead atoms. The van der Waals surface area contributed by atoms with Gasteiger partial charge in [-0.2, -0.15) is 0 Å². The molecule has 0 aromatic carbocycles. The second-order valence-corrected chi connectivity index (χ2v) is 2.25. The van der Waals surface area contributed by atoms with Crippen LogP contribution in [0.1, 0.15) is 12.8 Å². The summed E-state index contributed by atoms with van der Waals surface area (Å²) in [5.74, 6) is 0.204. The van der Waals surface area contributed by atoms with Crippen molar-refractivity contribution in [2.24, 2.45) is 0 Å². The predicted octanol–water partition coefficient (Wildman–Crippen LogP) is -5.35. The summed E-state index contributed by atoms with van der Waals surface area (Å²) in [6.45, 7) is 0.888. The Kier molecular flexibility index (Phi) is 10.2. The number of carbonyl (C=O) groups is 1. The first kappa shape index (κ1) is 13.7. The standard InChI is InChI=1S/C4H7NO.Na.HO3Si/c6-4-2-1-3-5-4;;1-4(2)3/h1-3H2,(H,5,6);;1H/q;+1;-1. The summed E-state index contributed by atoms with van der Waals surface area (Å²) >= 11 is 0. The van der Waals surface area contributed by atoms with Gasteiger partial charge in [0.15, 0.2) is 0 Å². The van der Waals surface area contributed by atoms with E-state index >= 15 is 0 Å². The van der Waals surface area contributed by atoms with Crippen LogP contribution in [0.2, 0.25) is 0 Å². The summed E-state index contributed by atoms with van der Waals surface area (Å²) < 4.78 is 8.63. The average molecular weight is 185 g/mol. The van der Waals surface area contributed by atoms with E-state index in [0.29, 0.717) is 0 Å². The van der Waals surface area contributed by atoms with E-state index in [4.69, 9.17) is 14.1 Å². The third-order valence-electron chi connectivity index (χ3n) is 0.903.